The van der Waals surface area contributed by atoms with Gasteiger partial charge >= 0.3 is 11.9 Å². The van der Waals surface area contributed by atoms with Crippen LogP contribution in [0.5, 0.6) is 0 Å². The van der Waals surface area contributed by atoms with Gasteiger partial charge in [-0.05, 0) is 213 Å². The van der Waals surface area contributed by atoms with Crippen molar-refractivity contribution in [2.24, 2.45) is 71.0 Å². The Balaban J connectivity index is 0.000000143. The number of aliphatic hydroxyl groups is 2. The lowest BCUT2D eigenvalue weighted by Crippen LogP contribution is -2.86. The van der Waals surface area contributed by atoms with E-state index in [1.165, 1.54) is 51.4 Å². The van der Waals surface area contributed by atoms with E-state index in [2.05, 4.69) is 13.2 Å². The zero-order valence-corrected chi connectivity index (χ0v) is 41.9. The zero-order chi connectivity index (χ0) is 48.1. The van der Waals surface area contributed by atoms with Gasteiger partial charge in [-0.3, -0.25) is 0 Å². The van der Waals surface area contributed by atoms with Crippen LogP contribution in [0.2, 0.25) is 0 Å². The van der Waals surface area contributed by atoms with Gasteiger partial charge in [-0.15, -0.1) is 0 Å². The predicted molar refractivity (Wildman–Crippen MR) is 250 cm³/mol. The van der Waals surface area contributed by atoms with E-state index in [1.54, 1.807) is 13.8 Å². The Bertz CT molecular complexity index is 1910. The molecule has 16 aliphatic carbocycles. The molecule has 16 saturated carbocycles. The highest BCUT2D eigenvalue weighted by Crippen LogP contribution is 2.78. The lowest BCUT2D eigenvalue weighted by Gasteiger charge is -2.78. The van der Waals surface area contributed by atoms with Gasteiger partial charge in [0.15, 0.2) is 0 Å². The molecule has 0 aromatic carbocycles. The van der Waals surface area contributed by atoms with Crippen molar-refractivity contribution >= 4 is 11.9 Å². The molecule has 388 valence electrons. The first-order chi connectivity index (χ1) is 33.7. The molecule has 18 fully saturated rings. The molecule has 0 amide bonds. The summed E-state index contributed by atoms with van der Waals surface area (Å²) in [6.07, 6.45) is 22.6. The van der Waals surface area contributed by atoms with Gasteiger partial charge in [-0.1, -0.05) is 13.2 Å². The van der Waals surface area contributed by atoms with Crippen LogP contribution < -0.4 is 0 Å². The van der Waals surface area contributed by atoms with Crippen LogP contribution in [0.3, 0.4) is 0 Å². The molecule has 0 aromatic rings. The fourth-order valence-electron chi connectivity index (χ4n) is 21.4. The van der Waals surface area contributed by atoms with Crippen molar-refractivity contribution in [2.45, 2.75) is 187 Å². The van der Waals surface area contributed by atoms with E-state index in [0.717, 1.165) is 88.9 Å². The van der Waals surface area contributed by atoms with Crippen molar-refractivity contribution in [1.82, 2.24) is 0 Å². The SMILES string of the molecule is C=C(C)C(=O)OCCOC12CC3CC(C1)C1(OOC14C1CC5CC4CC(OCCOC(=O)C(=C)C)(C5)C1)C(C3)C2.OCCOC12CC3CC(C1)C1(OOC14C1CC5CC4CC(OCCO)(C5)C1)C(C3)C2. The summed E-state index contributed by atoms with van der Waals surface area (Å²) >= 11 is 0. The van der Waals surface area contributed by atoms with Crippen molar-refractivity contribution in [1.29, 1.82) is 0 Å². The van der Waals surface area contributed by atoms with Crippen molar-refractivity contribution in [2.75, 3.05) is 52.9 Å². The van der Waals surface area contributed by atoms with E-state index in [1.807, 2.05) is 0 Å². The molecule has 14 heteroatoms. The molecule has 8 atom stereocenters. The number of hydrogen-bond acceptors (Lipinski definition) is 14. The number of ether oxygens (including phenoxy) is 6. The number of hydrogen-bond donors (Lipinski definition) is 2. The molecule has 4 spiro atoms. The Morgan fingerprint density at radius 1 is 0.400 bits per heavy atom. The van der Waals surface area contributed by atoms with Gasteiger partial charge in [0.05, 0.1) is 62.0 Å². The van der Waals surface area contributed by atoms with E-state index >= 15 is 0 Å². The van der Waals surface area contributed by atoms with E-state index in [9.17, 15) is 19.8 Å². The summed E-state index contributed by atoms with van der Waals surface area (Å²) < 4.78 is 36.4. The van der Waals surface area contributed by atoms with Crippen molar-refractivity contribution in [3.63, 3.8) is 0 Å². The Morgan fingerprint density at radius 2 is 0.629 bits per heavy atom. The van der Waals surface area contributed by atoms with Gasteiger partial charge in [-0.25, -0.2) is 29.1 Å². The zero-order valence-electron chi connectivity index (χ0n) is 41.9. The van der Waals surface area contributed by atoms with Crippen LogP contribution in [0.15, 0.2) is 24.3 Å². The summed E-state index contributed by atoms with van der Waals surface area (Å²) in [7, 11) is 0. The molecule has 18 aliphatic rings. The Hall–Kier alpha value is -1.98. The molecule has 14 nitrogen and oxygen atoms in total. The minimum Gasteiger partial charge on any atom is -0.460 e. The topological polar surface area (TPSA) is 167 Å². The second-order valence-corrected chi connectivity index (χ2v) is 26.3. The molecule has 2 saturated heterocycles. The van der Waals surface area contributed by atoms with Gasteiger partial charge in [0.25, 0.3) is 0 Å². The Labute approximate surface area is 413 Å². The van der Waals surface area contributed by atoms with E-state index in [0.29, 0.717) is 96.8 Å². The molecule has 18 rings (SSSR count). The average Bonchev–Trinajstić information content (AvgIpc) is 3.29. The summed E-state index contributed by atoms with van der Waals surface area (Å²) in [4.78, 5) is 49.2. The Kier molecular flexibility index (Phi) is 11.4. The lowest BCUT2D eigenvalue weighted by molar-refractivity contribution is -0.618. The van der Waals surface area contributed by atoms with Crippen molar-refractivity contribution < 1.29 is 67.8 Å². The third kappa shape index (κ3) is 6.71. The molecule has 0 aromatic heterocycles. The molecular weight excluding hydrogens is 897 g/mol. The maximum Gasteiger partial charge on any atom is 0.333 e. The van der Waals surface area contributed by atoms with Crippen LogP contribution >= 0.6 is 0 Å². The van der Waals surface area contributed by atoms with Crippen LogP contribution in [0.4, 0.5) is 0 Å². The number of carbonyl (C=O) groups excluding carboxylic acids is 2. The number of esters is 2. The molecule has 0 radical (unpaired) electrons. The second-order valence-electron chi connectivity index (χ2n) is 26.3. The maximum atomic E-state index is 11.8. The maximum absolute atomic E-state index is 11.8. The van der Waals surface area contributed by atoms with Gasteiger partial charge < -0.3 is 38.6 Å². The summed E-state index contributed by atoms with van der Waals surface area (Å²) in [6.45, 7) is 13.2. The van der Waals surface area contributed by atoms with E-state index in [4.69, 9.17) is 48.0 Å². The van der Waals surface area contributed by atoms with Gasteiger partial charge in [0.1, 0.15) is 35.6 Å². The smallest absolute Gasteiger partial charge is 0.333 e. The van der Waals surface area contributed by atoms with Crippen molar-refractivity contribution in [3.8, 4) is 0 Å². The van der Waals surface area contributed by atoms with E-state index in [-0.39, 0.29) is 83.2 Å². The van der Waals surface area contributed by atoms with Gasteiger partial charge in [-0.2, -0.15) is 0 Å². The van der Waals surface area contributed by atoms with Gasteiger partial charge in [0.2, 0.25) is 0 Å². The number of rotatable bonds is 16. The quantitative estimate of drug-likeness (QED) is 0.0678. The molecule has 2 heterocycles. The first kappa shape index (κ1) is 47.7. The molecule has 70 heavy (non-hydrogen) atoms. The standard InChI is InChI=1S/C32H44O8.C24H36O6/c1-19(2)27(33)35-5-7-37-29-13-21-9-23(15-29)31(24(10-21)16-29)32(40-39-31)25-11-22-12-26(32)18-30(14-22,17-25)38-8-6-36-28(34)20(3)4;25-1-3-27-21-9-15-5-17(11-21)23(18(6-15)12-21)24(30-29-23)19-7-16-8-20(24)14-22(10-16,13-19)28-4-2-26/h21-26H,1,3,5-18H2,2,4H3;15-20,25-26H,1-14H2. The molecule has 8 unspecified atom stereocenters. The highest BCUT2D eigenvalue weighted by molar-refractivity contribution is 5.87. The first-order valence-electron chi connectivity index (χ1n) is 27.8. The van der Waals surface area contributed by atoms with Gasteiger partial charge in [0, 0.05) is 11.1 Å². The highest BCUT2D eigenvalue weighted by Gasteiger charge is 2.85. The highest BCUT2D eigenvalue weighted by atomic mass is 17.3. The average molecular weight is 977 g/mol. The third-order valence-corrected chi connectivity index (χ3v) is 22.4. The summed E-state index contributed by atoms with van der Waals surface area (Å²) in [5, 5.41) is 18.7. The Morgan fingerprint density at radius 3 is 0.829 bits per heavy atom. The van der Waals surface area contributed by atoms with Crippen LogP contribution in [0, 0.1) is 71.0 Å². The van der Waals surface area contributed by atoms with Crippen LogP contribution in [0.1, 0.15) is 142 Å². The van der Waals surface area contributed by atoms with Crippen LogP contribution in [-0.2, 0) is 57.6 Å². The largest absolute Gasteiger partial charge is 0.460 e. The van der Waals surface area contributed by atoms with Crippen LogP contribution in [-0.4, -0.2) is 120 Å². The molecule has 2 N–H and O–H groups in total. The molecular formula is C56H80O14. The second kappa shape index (κ2) is 16.8. The molecule has 2 aliphatic heterocycles. The number of carbonyl (C=O) groups is 2. The first-order valence-corrected chi connectivity index (χ1v) is 27.8. The summed E-state index contributed by atoms with van der Waals surface area (Å²) in [5.41, 5.74) is -0.230. The van der Waals surface area contributed by atoms with E-state index < -0.39 is 0 Å². The number of aliphatic hydroxyl groups excluding tert-OH is 2. The van der Waals surface area contributed by atoms with Crippen LogP contribution in [0.25, 0.3) is 0 Å². The molecule has 16 bridgehead atoms. The summed E-state index contributed by atoms with van der Waals surface area (Å²) in [6, 6.07) is 0. The summed E-state index contributed by atoms with van der Waals surface area (Å²) in [5.74, 6) is 5.89. The third-order valence-electron chi connectivity index (χ3n) is 22.4. The fraction of sp³-hybridized carbons (Fsp3) is 0.893. The van der Waals surface area contributed by atoms with Crippen molar-refractivity contribution in [3.05, 3.63) is 24.3 Å². The lowest BCUT2D eigenvalue weighted by atomic mass is 9.36. The monoisotopic (exact) mass is 977 g/mol. The minimum atomic E-state index is -0.355. The normalized spacial score (nSPS) is 52.3. The predicted octanol–water partition coefficient (Wildman–Crippen LogP) is 7.46. The minimum absolute atomic E-state index is 0.0397. The fourth-order valence-corrected chi connectivity index (χ4v) is 21.4.